The second-order valence-corrected chi connectivity index (χ2v) is 3.82. The zero-order valence-corrected chi connectivity index (χ0v) is 9.38. The summed E-state index contributed by atoms with van der Waals surface area (Å²) in [6, 6.07) is 3.21. The molecule has 0 aliphatic carbocycles. The van der Waals surface area contributed by atoms with Crippen molar-refractivity contribution in [2.45, 2.75) is 13.3 Å². The average Bonchev–Trinajstić information content (AvgIpc) is 2.02. The lowest BCUT2D eigenvalue weighted by Crippen LogP contribution is -1.97. The summed E-state index contributed by atoms with van der Waals surface area (Å²) in [6.45, 7) is 1.93. The normalized spacial score (nSPS) is 10.2. The average molecular weight is 235 g/mol. The first-order chi connectivity index (χ1) is 6.06. The zero-order valence-electron chi connectivity index (χ0n) is 6.97. The number of rotatable bonds is 2. The van der Waals surface area contributed by atoms with E-state index in [1.165, 1.54) is 0 Å². The lowest BCUT2D eigenvalue weighted by atomic mass is 10.1. The van der Waals surface area contributed by atoms with Crippen LogP contribution < -0.4 is 0 Å². The van der Waals surface area contributed by atoms with Gasteiger partial charge >= 0.3 is 0 Å². The van der Waals surface area contributed by atoms with Crippen molar-refractivity contribution in [2.24, 2.45) is 0 Å². The summed E-state index contributed by atoms with van der Waals surface area (Å²) in [4.78, 5) is 11.1. The minimum Gasteiger partial charge on any atom is -0.282 e. The molecule has 0 atom stereocenters. The fourth-order valence-electron chi connectivity index (χ4n) is 1.15. The smallest absolute Gasteiger partial charge is 0.216 e. The maximum absolute atomic E-state index is 11.1. The van der Waals surface area contributed by atoms with Gasteiger partial charge in [0.15, 0.2) is 0 Å². The van der Waals surface area contributed by atoms with E-state index in [1.807, 2.05) is 6.92 Å². The third kappa shape index (κ3) is 2.39. The monoisotopic (exact) mass is 234 g/mol. The number of benzene rings is 1. The molecule has 0 bridgehead atoms. The SMILES string of the molecule is CCc1c(Cl)cc(Cl)cc1C(=O)S. The quantitative estimate of drug-likeness (QED) is 0.774. The molecular formula is C9H8Cl2OS. The molecule has 0 N–H and O–H groups in total. The highest BCUT2D eigenvalue weighted by Gasteiger charge is 2.11. The van der Waals surface area contributed by atoms with E-state index in [0.29, 0.717) is 22.0 Å². The van der Waals surface area contributed by atoms with E-state index in [0.717, 1.165) is 5.56 Å². The van der Waals surface area contributed by atoms with Crippen LogP contribution in [-0.2, 0) is 6.42 Å². The van der Waals surface area contributed by atoms with E-state index in [1.54, 1.807) is 12.1 Å². The number of carbonyl (C=O) groups is 1. The van der Waals surface area contributed by atoms with Crippen LogP contribution in [-0.4, -0.2) is 5.12 Å². The molecule has 13 heavy (non-hydrogen) atoms. The van der Waals surface area contributed by atoms with Crippen molar-refractivity contribution >= 4 is 40.9 Å². The standard InChI is InChI=1S/C9H8Cl2OS/c1-2-6-7(9(12)13)3-5(10)4-8(6)11/h3-4H,2H2,1H3,(H,12,13). The van der Waals surface area contributed by atoms with E-state index >= 15 is 0 Å². The second-order valence-electron chi connectivity index (χ2n) is 2.57. The highest BCUT2D eigenvalue weighted by atomic mass is 35.5. The Morgan fingerprint density at radius 3 is 2.54 bits per heavy atom. The van der Waals surface area contributed by atoms with Gasteiger partial charge in [-0.1, -0.05) is 30.1 Å². The molecule has 70 valence electrons. The maximum atomic E-state index is 11.1. The third-order valence-electron chi connectivity index (χ3n) is 1.74. The minimum absolute atomic E-state index is 0.304. The summed E-state index contributed by atoms with van der Waals surface area (Å²) in [5.74, 6) is 0. The second kappa shape index (κ2) is 4.36. The van der Waals surface area contributed by atoms with Crippen LogP contribution in [0.4, 0.5) is 0 Å². The number of hydrogen-bond donors (Lipinski definition) is 1. The minimum atomic E-state index is -0.304. The van der Waals surface area contributed by atoms with Crippen LogP contribution in [0.3, 0.4) is 0 Å². The van der Waals surface area contributed by atoms with E-state index in [2.05, 4.69) is 12.6 Å². The molecule has 0 spiro atoms. The van der Waals surface area contributed by atoms with Gasteiger partial charge in [0.2, 0.25) is 5.12 Å². The molecule has 4 heteroatoms. The van der Waals surface area contributed by atoms with E-state index in [9.17, 15) is 4.79 Å². The Morgan fingerprint density at radius 1 is 1.46 bits per heavy atom. The van der Waals surface area contributed by atoms with Crippen molar-refractivity contribution in [3.05, 3.63) is 33.3 Å². The Labute approximate surface area is 92.4 Å². The van der Waals surface area contributed by atoms with Crippen LogP contribution in [0.5, 0.6) is 0 Å². The van der Waals surface area contributed by atoms with Crippen LogP contribution in [0, 0.1) is 0 Å². The van der Waals surface area contributed by atoms with Crippen molar-refractivity contribution < 1.29 is 4.79 Å². The number of thiol groups is 1. The Balaban J connectivity index is 3.38. The predicted octanol–water partition coefficient (Wildman–Crippen LogP) is 3.63. The Bertz CT molecular complexity index is 350. The van der Waals surface area contributed by atoms with E-state index < -0.39 is 0 Å². The molecular weight excluding hydrogens is 227 g/mol. The number of hydrogen-bond acceptors (Lipinski definition) is 1. The molecule has 0 saturated heterocycles. The molecule has 0 radical (unpaired) electrons. The summed E-state index contributed by atoms with van der Waals surface area (Å²) in [6.07, 6.45) is 0.692. The lowest BCUT2D eigenvalue weighted by molar-refractivity contribution is 0.109. The van der Waals surface area contributed by atoms with Gasteiger partial charge < -0.3 is 0 Å². The van der Waals surface area contributed by atoms with Crippen LogP contribution in [0.15, 0.2) is 12.1 Å². The molecule has 0 aliphatic heterocycles. The summed E-state index contributed by atoms with van der Waals surface area (Å²) in [5.41, 5.74) is 1.29. The van der Waals surface area contributed by atoms with Gasteiger partial charge in [0.1, 0.15) is 0 Å². The molecule has 1 nitrogen and oxygen atoms in total. The molecule has 1 aromatic rings. The summed E-state index contributed by atoms with van der Waals surface area (Å²) in [5, 5.41) is 0.674. The lowest BCUT2D eigenvalue weighted by Gasteiger charge is -2.06. The van der Waals surface area contributed by atoms with E-state index in [-0.39, 0.29) is 5.12 Å². The predicted molar refractivity (Wildman–Crippen MR) is 59.2 cm³/mol. The van der Waals surface area contributed by atoms with Crippen LogP contribution >= 0.6 is 35.8 Å². The first-order valence-corrected chi connectivity index (χ1v) is 4.97. The van der Waals surface area contributed by atoms with Crippen molar-refractivity contribution in [2.75, 3.05) is 0 Å². The van der Waals surface area contributed by atoms with Gasteiger partial charge in [-0.15, -0.1) is 12.6 Å². The van der Waals surface area contributed by atoms with Gasteiger partial charge in [0.05, 0.1) is 0 Å². The molecule has 0 heterocycles. The number of carbonyl (C=O) groups excluding carboxylic acids is 1. The van der Waals surface area contributed by atoms with Gasteiger partial charge in [-0.05, 0) is 24.1 Å². The first kappa shape index (κ1) is 10.9. The van der Waals surface area contributed by atoms with E-state index in [4.69, 9.17) is 23.2 Å². The fourth-order valence-corrected chi connectivity index (χ4v) is 1.98. The van der Waals surface area contributed by atoms with Crippen LogP contribution in [0.1, 0.15) is 22.8 Å². The molecule has 0 unspecified atom stereocenters. The van der Waals surface area contributed by atoms with Crippen molar-refractivity contribution in [3.8, 4) is 0 Å². The van der Waals surface area contributed by atoms with Gasteiger partial charge in [-0.3, -0.25) is 4.79 Å². The van der Waals surface area contributed by atoms with Crippen molar-refractivity contribution in [1.82, 2.24) is 0 Å². The topological polar surface area (TPSA) is 17.1 Å². The Kier molecular flexibility index (Phi) is 3.65. The molecule has 0 amide bonds. The summed E-state index contributed by atoms with van der Waals surface area (Å²) >= 11 is 15.4. The Hall–Kier alpha value is -0.180. The largest absolute Gasteiger partial charge is 0.282 e. The fraction of sp³-hybridized carbons (Fsp3) is 0.222. The molecule has 0 aromatic heterocycles. The van der Waals surface area contributed by atoms with Gasteiger partial charge in [0, 0.05) is 15.6 Å². The summed E-state index contributed by atoms with van der Waals surface area (Å²) < 4.78 is 0. The Morgan fingerprint density at radius 2 is 2.08 bits per heavy atom. The highest BCUT2D eigenvalue weighted by Crippen LogP contribution is 2.26. The first-order valence-electron chi connectivity index (χ1n) is 3.77. The molecule has 0 aliphatic rings. The van der Waals surface area contributed by atoms with Crippen molar-refractivity contribution in [3.63, 3.8) is 0 Å². The molecule has 0 fully saturated rings. The van der Waals surface area contributed by atoms with Crippen molar-refractivity contribution in [1.29, 1.82) is 0 Å². The highest BCUT2D eigenvalue weighted by molar-refractivity contribution is 7.97. The zero-order chi connectivity index (χ0) is 10.0. The molecule has 1 rings (SSSR count). The maximum Gasteiger partial charge on any atom is 0.216 e. The number of halogens is 2. The van der Waals surface area contributed by atoms with Gasteiger partial charge in [0.25, 0.3) is 0 Å². The van der Waals surface area contributed by atoms with Gasteiger partial charge in [-0.25, -0.2) is 0 Å². The van der Waals surface area contributed by atoms with Crippen LogP contribution in [0.2, 0.25) is 10.0 Å². The molecule has 0 saturated carbocycles. The third-order valence-corrected chi connectivity index (χ3v) is 2.54. The van der Waals surface area contributed by atoms with Gasteiger partial charge in [-0.2, -0.15) is 0 Å². The van der Waals surface area contributed by atoms with Crippen LogP contribution in [0.25, 0.3) is 0 Å². The molecule has 1 aromatic carbocycles. The summed E-state index contributed by atoms with van der Waals surface area (Å²) in [7, 11) is 0.